The Hall–Kier alpha value is -0.510. The maximum atomic E-state index is 3.36. The number of aromatic amines is 1. The summed E-state index contributed by atoms with van der Waals surface area (Å²) in [6.07, 6.45) is 0. The quantitative estimate of drug-likeness (QED) is 0.604. The Morgan fingerprint density at radius 1 is 1.33 bits per heavy atom. The number of fused-ring (bicyclic) bond motifs is 1. The van der Waals surface area contributed by atoms with Crippen LogP contribution in [-0.4, -0.2) is 4.98 Å². The van der Waals surface area contributed by atoms with Crippen molar-refractivity contribution in [3.05, 3.63) is 35.5 Å². The summed E-state index contributed by atoms with van der Waals surface area (Å²) in [7, 11) is 0. The SMILES string of the molecule is Cc1ccc2[nH]c(CI)cc2c1. The van der Waals surface area contributed by atoms with Gasteiger partial charge in [-0.25, -0.2) is 0 Å². The minimum absolute atomic E-state index is 1.05. The molecule has 0 aliphatic carbocycles. The van der Waals surface area contributed by atoms with Crippen LogP contribution in [0.4, 0.5) is 0 Å². The van der Waals surface area contributed by atoms with Crippen LogP contribution in [-0.2, 0) is 4.43 Å². The van der Waals surface area contributed by atoms with Gasteiger partial charge in [-0.2, -0.15) is 0 Å². The van der Waals surface area contributed by atoms with E-state index >= 15 is 0 Å². The zero-order valence-corrected chi connectivity index (χ0v) is 9.05. The number of aryl methyl sites for hydroxylation is 1. The van der Waals surface area contributed by atoms with Gasteiger partial charge >= 0.3 is 0 Å². The lowest BCUT2D eigenvalue weighted by molar-refractivity contribution is 1.29. The summed E-state index contributed by atoms with van der Waals surface area (Å²) >= 11 is 2.37. The molecule has 0 unspecified atom stereocenters. The first-order valence-corrected chi connectivity index (χ1v) is 5.46. The molecule has 0 bridgehead atoms. The number of H-pyrrole nitrogens is 1. The lowest BCUT2D eigenvalue weighted by atomic mass is 10.2. The van der Waals surface area contributed by atoms with Gasteiger partial charge in [0.25, 0.3) is 0 Å². The number of aromatic nitrogens is 1. The Morgan fingerprint density at radius 2 is 2.17 bits per heavy atom. The molecular weight excluding hydrogens is 261 g/mol. The lowest BCUT2D eigenvalue weighted by Crippen LogP contribution is -1.72. The van der Waals surface area contributed by atoms with E-state index in [-0.39, 0.29) is 0 Å². The van der Waals surface area contributed by atoms with E-state index < -0.39 is 0 Å². The van der Waals surface area contributed by atoms with Crippen LogP contribution in [0.1, 0.15) is 11.3 Å². The first-order valence-electron chi connectivity index (χ1n) is 3.94. The van der Waals surface area contributed by atoms with Gasteiger partial charge in [-0.15, -0.1) is 0 Å². The molecule has 62 valence electrons. The van der Waals surface area contributed by atoms with Crippen molar-refractivity contribution >= 4 is 33.5 Å². The van der Waals surface area contributed by atoms with E-state index in [1.54, 1.807) is 0 Å². The third-order valence-electron chi connectivity index (χ3n) is 1.98. The molecule has 0 saturated carbocycles. The molecule has 1 nitrogen and oxygen atoms in total. The highest BCUT2D eigenvalue weighted by atomic mass is 127. The number of nitrogens with one attached hydrogen (secondary N) is 1. The maximum absolute atomic E-state index is 3.36. The van der Waals surface area contributed by atoms with Crippen molar-refractivity contribution < 1.29 is 0 Å². The van der Waals surface area contributed by atoms with Crippen LogP contribution in [0.3, 0.4) is 0 Å². The van der Waals surface area contributed by atoms with E-state index in [4.69, 9.17) is 0 Å². The highest BCUT2D eigenvalue weighted by Gasteiger charge is 1.98. The van der Waals surface area contributed by atoms with E-state index in [2.05, 4.69) is 58.8 Å². The maximum Gasteiger partial charge on any atom is 0.0456 e. The van der Waals surface area contributed by atoms with Gasteiger partial charge in [-0.3, -0.25) is 0 Å². The Morgan fingerprint density at radius 3 is 2.92 bits per heavy atom. The van der Waals surface area contributed by atoms with Gasteiger partial charge in [0.05, 0.1) is 0 Å². The molecule has 0 spiro atoms. The van der Waals surface area contributed by atoms with E-state index in [1.165, 1.54) is 22.2 Å². The van der Waals surface area contributed by atoms with Crippen LogP contribution < -0.4 is 0 Å². The van der Waals surface area contributed by atoms with Crippen molar-refractivity contribution in [2.75, 3.05) is 0 Å². The topological polar surface area (TPSA) is 15.8 Å². The highest BCUT2D eigenvalue weighted by Crippen LogP contribution is 2.18. The van der Waals surface area contributed by atoms with Crippen molar-refractivity contribution in [3.8, 4) is 0 Å². The Balaban J connectivity index is 2.67. The zero-order valence-electron chi connectivity index (χ0n) is 6.89. The van der Waals surface area contributed by atoms with Crippen molar-refractivity contribution in [3.63, 3.8) is 0 Å². The fourth-order valence-electron chi connectivity index (χ4n) is 1.38. The molecule has 12 heavy (non-hydrogen) atoms. The van der Waals surface area contributed by atoms with Crippen LogP contribution in [0.25, 0.3) is 10.9 Å². The summed E-state index contributed by atoms with van der Waals surface area (Å²) in [4.78, 5) is 3.36. The number of rotatable bonds is 1. The number of alkyl halides is 1. The van der Waals surface area contributed by atoms with Gasteiger partial charge in [0.15, 0.2) is 0 Å². The first-order chi connectivity index (χ1) is 5.79. The molecule has 2 rings (SSSR count). The smallest absolute Gasteiger partial charge is 0.0456 e. The fraction of sp³-hybridized carbons (Fsp3) is 0.200. The molecular formula is C10H10IN. The number of halogens is 1. The molecule has 1 aromatic carbocycles. The molecule has 0 fully saturated rings. The van der Waals surface area contributed by atoms with Crippen molar-refractivity contribution in [2.45, 2.75) is 11.4 Å². The average molecular weight is 271 g/mol. The Labute approximate surface area is 85.3 Å². The first kappa shape index (κ1) is 8.10. The molecule has 0 aliphatic rings. The van der Waals surface area contributed by atoms with E-state index in [0.29, 0.717) is 0 Å². The average Bonchev–Trinajstić information content (AvgIpc) is 2.46. The van der Waals surface area contributed by atoms with Gasteiger partial charge < -0.3 is 4.98 Å². The van der Waals surface area contributed by atoms with Gasteiger partial charge in [-0.05, 0) is 30.5 Å². The third-order valence-corrected chi connectivity index (χ3v) is 2.80. The summed E-state index contributed by atoms with van der Waals surface area (Å²) in [5, 5.41) is 1.32. The standard InChI is InChI=1S/C10H10IN/c1-7-2-3-10-8(4-7)5-9(6-11)12-10/h2-5,12H,6H2,1H3. The largest absolute Gasteiger partial charge is 0.358 e. The van der Waals surface area contributed by atoms with Gasteiger partial charge in [-0.1, -0.05) is 34.2 Å². The van der Waals surface area contributed by atoms with Crippen molar-refractivity contribution in [1.29, 1.82) is 0 Å². The van der Waals surface area contributed by atoms with Crippen molar-refractivity contribution in [2.24, 2.45) is 0 Å². The Bertz CT molecular complexity index is 403. The number of hydrogen-bond donors (Lipinski definition) is 1. The van der Waals surface area contributed by atoms with Crippen LogP contribution in [0.5, 0.6) is 0 Å². The zero-order chi connectivity index (χ0) is 8.55. The molecule has 2 aromatic rings. The molecule has 0 atom stereocenters. The fourth-order valence-corrected chi connectivity index (χ4v) is 1.80. The highest BCUT2D eigenvalue weighted by molar-refractivity contribution is 14.1. The summed E-state index contributed by atoms with van der Waals surface area (Å²) < 4.78 is 1.05. The predicted molar refractivity (Wildman–Crippen MR) is 60.8 cm³/mol. The molecule has 1 aromatic heterocycles. The number of benzene rings is 1. The third kappa shape index (κ3) is 1.35. The van der Waals surface area contributed by atoms with Gasteiger partial charge in [0, 0.05) is 15.6 Å². The van der Waals surface area contributed by atoms with Crippen LogP contribution in [0.2, 0.25) is 0 Å². The van der Waals surface area contributed by atoms with Crippen LogP contribution >= 0.6 is 22.6 Å². The molecule has 0 aliphatic heterocycles. The van der Waals surface area contributed by atoms with E-state index in [1.807, 2.05) is 0 Å². The normalized spacial score (nSPS) is 10.8. The summed E-state index contributed by atoms with van der Waals surface area (Å²) in [6.45, 7) is 2.12. The lowest BCUT2D eigenvalue weighted by Gasteiger charge is -1.90. The van der Waals surface area contributed by atoms with E-state index in [9.17, 15) is 0 Å². The molecule has 2 heteroatoms. The second-order valence-corrected chi connectivity index (χ2v) is 3.78. The molecule has 1 heterocycles. The van der Waals surface area contributed by atoms with Gasteiger partial charge in [0.2, 0.25) is 0 Å². The number of hydrogen-bond acceptors (Lipinski definition) is 0. The van der Waals surface area contributed by atoms with Gasteiger partial charge in [0.1, 0.15) is 0 Å². The predicted octanol–water partition coefficient (Wildman–Crippen LogP) is 3.41. The molecule has 0 saturated heterocycles. The minimum atomic E-state index is 1.05. The monoisotopic (exact) mass is 271 g/mol. The van der Waals surface area contributed by atoms with Crippen LogP contribution in [0, 0.1) is 6.92 Å². The summed E-state index contributed by atoms with van der Waals surface area (Å²) in [6, 6.07) is 8.70. The van der Waals surface area contributed by atoms with E-state index in [0.717, 1.165) is 4.43 Å². The summed E-state index contributed by atoms with van der Waals surface area (Å²) in [5.74, 6) is 0. The Kier molecular flexibility index (Phi) is 2.09. The molecule has 0 amide bonds. The minimum Gasteiger partial charge on any atom is -0.358 e. The second-order valence-electron chi connectivity index (χ2n) is 3.02. The van der Waals surface area contributed by atoms with Crippen molar-refractivity contribution in [1.82, 2.24) is 4.98 Å². The molecule has 1 N–H and O–H groups in total. The van der Waals surface area contributed by atoms with Crippen LogP contribution in [0.15, 0.2) is 24.3 Å². The second kappa shape index (κ2) is 3.09. The molecule has 0 radical (unpaired) electrons. The summed E-state index contributed by atoms with van der Waals surface area (Å²) in [5.41, 5.74) is 3.87.